The zero-order valence-electron chi connectivity index (χ0n) is 44.9. The van der Waals surface area contributed by atoms with E-state index in [-0.39, 0.29) is 37.5 Å². The Bertz CT molecular complexity index is 1270. The molecule has 1 atom stereocenters. The zero-order chi connectivity index (χ0) is 49.3. The molecule has 0 heterocycles. The largest absolute Gasteiger partial charge is 0.462 e. The third-order valence-electron chi connectivity index (χ3n) is 12.4. The second-order valence-electron chi connectivity index (χ2n) is 19.2. The van der Waals surface area contributed by atoms with Crippen molar-refractivity contribution in [1.82, 2.24) is 0 Å². The highest BCUT2D eigenvalue weighted by Gasteiger charge is 2.19. The summed E-state index contributed by atoms with van der Waals surface area (Å²) in [6.45, 7) is 6.49. The maximum Gasteiger partial charge on any atom is 0.306 e. The van der Waals surface area contributed by atoms with Crippen LogP contribution < -0.4 is 0 Å². The van der Waals surface area contributed by atoms with Gasteiger partial charge in [-0.05, 0) is 83.5 Å². The van der Waals surface area contributed by atoms with Crippen LogP contribution in [-0.4, -0.2) is 37.2 Å². The third-order valence-corrected chi connectivity index (χ3v) is 12.4. The molecule has 0 aromatic heterocycles. The Labute approximate surface area is 421 Å². The lowest BCUT2D eigenvalue weighted by atomic mass is 10.0. The van der Waals surface area contributed by atoms with Crippen LogP contribution >= 0.6 is 0 Å². The van der Waals surface area contributed by atoms with Gasteiger partial charge in [0.1, 0.15) is 13.2 Å². The molecule has 0 aliphatic rings. The minimum absolute atomic E-state index is 0.0968. The van der Waals surface area contributed by atoms with Crippen molar-refractivity contribution < 1.29 is 28.6 Å². The number of allylic oxidation sites excluding steroid dienone is 12. The van der Waals surface area contributed by atoms with Crippen molar-refractivity contribution in [2.45, 2.75) is 290 Å². The minimum atomic E-state index is -0.805. The SMILES string of the molecule is CC/C=C/C/C=C/C/C=C/C/C=C/C/C=C/CCCC(=O)O[C@H](COC(=O)CCCCCCCCC/C=C/CCCCCC)COC(=O)CCCCCCCCCCCCCCCCCCCC. The Morgan fingerprint density at radius 1 is 0.309 bits per heavy atom. The molecule has 68 heavy (non-hydrogen) atoms. The predicted molar refractivity (Wildman–Crippen MR) is 293 cm³/mol. The first-order valence-corrected chi connectivity index (χ1v) is 28.9. The summed E-state index contributed by atoms with van der Waals surface area (Å²) in [6.07, 6.45) is 71.8. The number of esters is 3. The van der Waals surface area contributed by atoms with Crippen molar-refractivity contribution in [1.29, 1.82) is 0 Å². The Morgan fingerprint density at radius 3 is 0.971 bits per heavy atom. The van der Waals surface area contributed by atoms with Crippen LogP contribution in [0.1, 0.15) is 284 Å². The zero-order valence-corrected chi connectivity index (χ0v) is 44.9. The number of ether oxygens (including phenoxy) is 3. The van der Waals surface area contributed by atoms with Crippen LogP contribution in [-0.2, 0) is 28.6 Å². The fraction of sp³-hybridized carbons (Fsp3) is 0.758. The average molecular weight is 950 g/mol. The molecular formula is C62H108O6. The van der Waals surface area contributed by atoms with E-state index in [1.54, 1.807) is 0 Å². The molecule has 0 fully saturated rings. The van der Waals surface area contributed by atoms with Crippen molar-refractivity contribution in [3.05, 3.63) is 72.9 Å². The molecule has 0 saturated carbocycles. The maximum atomic E-state index is 12.8. The standard InChI is InChI=1S/C62H108O6/c1-4-7-10-13-16-19-22-25-28-30-32-34-37-40-43-46-49-52-55-61(64)67-58-59(57-66-60(63)54-51-48-45-42-39-36-33-27-24-21-18-15-12-9-6-3)68-62(65)56-53-50-47-44-41-38-35-31-29-26-23-20-17-14-11-8-5-2/h8,11,17,20-21,24,26,29,35,38,44,47,59H,4-7,9-10,12-16,18-19,22-23,25,27-28,30-34,36-37,39-43,45-46,48-58H2,1-3H3/b11-8+,20-17+,24-21+,29-26+,38-35+,47-44+/t59-/m1/s1. The highest BCUT2D eigenvalue weighted by Crippen LogP contribution is 2.16. The monoisotopic (exact) mass is 949 g/mol. The molecule has 0 N–H and O–H groups in total. The molecule has 392 valence electrons. The molecule has 0 saturated heterocycles. The van der Waals surface area contributed by atoms with Gasteiger partial charge in [-0.1, -0.05) is 254 Å². The lowest BCUT2D eigenvalue weighted by molar-refractivity contribution is -0.167. The highest BCUT2D eigenvalue weighted by atomic mass is 16.6. The van der Waals surface area contributed by atoms with E-state index in [0.29, 0.717) is 19.3 Å². The van der Waals surface area contributed by atoms with Gasteiger partial charge >= 0.3 is 17.9 Å². The van der Waals surface area contributed by atoms with Gasteiger partial charge in [-0.3, -0.25) is 14.4 Å². The number of rotatable bonds is 52. The Hall–Kier alpha value is -3.15. The van der Waals surface area contributed by atoms with Crippen molar-refractivity contribution >= 4 is 17.9 Å². The minimum Gasteiger partial charge on any atom is -0.462 e. The molecule has 6 nitrogen and oxygen atoms in total. The molecule has 0 aliphatic carbocycles. The van der Waals surface area contributed by atoms with E-state index in [1.807, 2.05) is 0 Å². The quantitative estimate of drug-likeness (QED) is 0.0262. The molecule has 0 aliphatic heterocycles. The van der Waals surface area contributed by atoms with E-state index in [0.717, 1.165) is 77.0 Å². The van der Waals surface area contributed by atoms with Gasteiger partial charge in [0.15, 0.2) is 6.10 Å². The predicted octanol–water partition coefficient (Wildman–Crippen LogP) is 19.4. The van der Waals surface area contributed by atoms with Gasteiger partial charge in [-0.2, -0.15) is 0 Å². The number of unbranched alkanes of at least 4 members (excludes halogenated alkanes) is 29. The highest BCUT2D eigenvalue weighted by molar-refractivity contribution is 5.71. The number of carbonyl (C=O) groups excluding carboxylic acids is 3. The second-order valence-corrected chi connectivity index (χ2v) is 19.2. The van der Waals surface area contributed by atoms with Crippen LogP contribution in [0.2, 0.25) is 0 Å². The van der Waals surface area contributed by atoms with Crippen LogP contribution in [0.25, 0.3) is 0 Å². The van der Waals surface area contributed by atoms with Crippen LogP contribution in [0.4, 0.5) is 0 Å². The normalized spacial score (nSPS) is 12.6. The summed E-state index contributed by atoms with van der Waals surface area (Å²) in [5.74, 6) is -0.950. The first kappa shape index (κ1) is 64.8. The lowest BCUT2D eigenvalue weighted by Crippen LogP contribution is -2.30. The summed E-state index contributed by atoms with van der Waals surface area (Å²) in [5.41, 5.74) is 0. The Morgan fingerprint density at radius 2 is 0.588 bits per heavy atom. The second kappa shape index (κ2) is 56.4. The molecule has 0 aromatic rings. The van der Waals surface area contributed by atoms with E-state index in [9.17, 15) is 14.4 Å². The summed E-state index contributed by atoms with van der Waals surface area (Å²) in [7, 11) is 0. The summed E-state index contributed by atoms with van der Waals surface area (Å²) < 4.78 is 16.8. The molecule has 0 spiro atoms. The van der Waals surface area contributed by atoms with Gasteiger partial charge in [-0.25, -0.2) is 0 Å². The fourth-order valence-corrected chi connectivity index (χ4v) is 8.12. The Balaban J connectivity index is 4.44. The van der Waals surface area contributed by atoms with E-state index in [1.165, 1.54) is 161 Å². The van der Waals surface area contributed by atoms with E-state index >= 15 is 0 Å². The summed E-state index contributed by atoms with van der Waals surface area (Å²) in [6, 6.07) is 0. The molecule has 0 rings (SSSR count). The van der Waals surface area contributed by atoms with E-state index < -0.39 is 6.10 Å². The molecule has 0 aromatic carbocycles. The first-order chi connectivity index (χ1) is 33.5. The molecular weight excluding hydrogens is 841 g/mol. The van der Waals surface area contributed by atoms with Gasteiger partial charge in [0.25, 0.3) is 0 Å². The van der Waals surface area contributed by atoms with Gasteiger partial charge in [0.05, 0.1) is 0 Å². The van der Waals surface area contributed by atoms with Crippen molar-refractivity contribution in [2.75, 3.05) is 13.2 Å². The van der Waals surface area contributed by atoms with Gasteiger partial charge < -0.3 is 14.2 Å². The molecule has 0 bridgehead atoms. The van der Waals surface area contributed by atoms with Gasteiger partial charge in [-0.15, -0.1) is 0 Å². The van der Waals surface area contributed by atoms with Crippen molar-refractivity contribution in [3.8, 4) is 0 Å². The van der Waals surface area contributed by atoms with Crippen molar-refractivity contribution in [3.63, 3.8) is 0 Å². The Kier molecular flexibility index (Phi) is 53.8. The summed E-state index contributed by atoms with van der Waals surface area (Å²) >= 11 is 0. The molecule has 0 unspecified atom stereocenters. The number of hydrogen-bond acceptors (Lipinski definition) is 6. The van der Waals surface area contributed by atoms with Crippen molar-refractivity contribution in [2.24, 2.45) is 0 Å². The molecule has 6 heteroatoms. The summed E-state index contributed by atoms with van der Waals surface area (Å²) in [4.78, 5) is 38.1. The lowest BCUT2D eigenvalue weighted by Gasteiger charge is -2.18. The number of hydrogen-bond donors (Lipinski definition) is 0. The van der Waals surface area contributed by atoms with Crippen LogP contribution in [0.5, 0.6) is 0 Å². The van der Waals surface area contributed by atoms with Gasteiger partial charge in [0, 0.05) is 19.3 Å². The maximum absolute atomic E-state index is 12.8. The van der Waals surface area contributed by atoms with E-state index in [4.69, 9.17) is 14.2 Å². The van der Waals surface area contributed by atoms with Gasteiger partial charge in [0.2, 0.25) is 0 Å². The fourth-order valence-electron chi connectivity index (χ4n) is 8.12. The first-order valence-electron chi connectivity index (χ1n) is 28.9. The van der Waals surface area contributed by atoms with Crippen LogP contribution in [0.15, 0.2) is 72.9 Å². The summed E-state index contributed by atoms with van der Waals surface area (Å²) in [5, 5.41) is 0. The van der Waals surface area contributed by atoms with Crippen LogP contribution in [0.3, 0.4) is 0 Å². The van der Waals surface area contributed by atoms with E-state index in [2.05, 4.69) is 93.7 Å². The number of carbonyl (C=O) groups is 3. The molecule has 0 radical (unpaired) electrons. The van der Waals surface area contributed by atoms with Crippen LogP contribution in [0, 0.1) is 0 Å². The smallest absolute Gasteiger partial charge is 0.306 e. The topological polar surface area (TPSA) is 78.9 Å². The third kappa shape index (κ3) is 53.8. The average Bonchev–Trinajstić information content (AvgIpc) is 3.34. The molecule has 0 amide bonds.